The zero-order valence-corrected chi connectivity index (χ0v) is 25.2. The van der Waals surface area contributed by atoms with Gasteiger partial charge in [0.25, 0.3) is 0 Å². The molecule has 6 rings (SSSR count). The Bertz CT molecular complexity index is 1930. The van der Waals surface area contributed by atoms with E-state index in [0.29, 0.717) is 23.5 Å². The summed E-state index contributed by atoms with van der Waals surface area (Å²) in [5.74, 6) is -3.30. The average molecular weight is 623 g/mol. The number of ether oxygens (including phenoxy) is 1. The molecule has 228 valence electrons. The number of piperazine rings is 1. The summed E-state index contributed by atoms with van der Waals surface area (Å²) >= 11 is 6.86. The highest BCUT2D eigenvalue weighted by molar-refractivity contribution is 6.36. The smallest absolute Gasteiger partial charge is 0.355 e. The second kappa shape index (κ2) is 10.8. The van der Waals surface area contributed by atoms with Crippen molar-refractivity contribution in [2.24, 2.45) is 0 Å². The number of nitrogens with zero attached hydrogens (tertiary/aromatic N) is 6. The van der Waals surface area contributed by atoms with Gasteiger partial charge in [0.1, 0.15) is 34.3 Å². The molecule has 0 aliphatic carbocycles. The number of carbonyl (C=O) groups is 1. The van der Waals surface area contributed by atoms with Gasteiger partial charge in [-0.05, 0) is 49.6 Å². The summed E-state index contributed by atoms with van der Waals surface area (Å²) in [6.45, 7) is 11.7. The zero-order chi connectivity index (χ0) is 31.6. The Balaban J connectivity index is 1.73. The quantitative estimate of drug-likeness (QED) is 0.320. The second-order valence-electron chi connectivity index (χ2n) is 11.3. The van der Waals surface area contributed by atoms with Crippen LogP contribution in [0, 0.1) is 18.6 Å². The fourth-order valence-electron chi connectivity index (χ4n) is 5.99. The summed E-state index contributed by atoms with van der Waals surface area (Å²) in [7, 11) is 0. The van der Waals surface area contributed by atoms with Gasteiger partial charge in [0.2, 0.25) is 5.91 Å². The highest BCUT2D eigenvalue weighted by Crippen LogP contribution is 2.47. The van der Waals surface area contributed by atoms with Crippen LogP contribution in [0.25, 0.3) is 28.0 Å². The highest BCUT2D eigenvalue weighted by atomic mass is 35.5. The lowest BCUT2D eigenvalue weighted by atomic mass is 10.0. The maximum absolute atomic E-state index is 15.3. The summed E-state index contributed by atoms with van der Waals surface area (Å²) in [5.41, 5.74) is 0.115. The Morgan fingerprint density at radius 3 is 2.68 bits per heavy atom. The SMILES string of the molecule is C=CC(=O)N1CC2COc3c(Cl)c(-c4c(O)ccc(F)c4F)nc4c3c(nc(=O)n4-c3c(C)ccnc3C(C)C)N2CC1C. The van der Waals surface area contributed by atoms with Crippen molar-refractivity contribution >= 4 is 34.4 Å². The first-order valence-corrected chi connectivity index (χ1v) is 14.4. The molecule has 1 aromatic carbocycles. The minimum atomic E-state index is -1.37. The predicted octanol–water partition coefficient (Wildman–Crippen LogP) is 4.90. The van der Waals surface area contributed by atoms with E-state index in [1.165, 1.54) is 10.6 Å². The molecule has 2 aliphatic heterocycles. The van der Waals surface area contributed by atoms with Gasteiger partial charge in [-0.1, -0.05) is 32.0 Å². The van der Waals surface area contributed by atoms with Gasteiger partial charge < -0.3 is 19.6 Å². The lowest BCUT2D eigenvalue weighted by Gasteiger charge is -2.44. The fraction of sp³-hybridized carbons (Fsp3) is 0.323. The zero-order valence-electron chi connectivity index (χ0n) is 24.4. The number of amides is 1. The molecule has 1 N–H and O–H groups in total. The Hall–Kier alpha value is -4.58. The van der Waals surface area contributed by atoms with Gasteiger partial charge in [0.05, 0.1) is 23.0 Å². The van der Waals surface area contributed by atoms with Gasteiger partial charge in [-0.25, -0.2) is 23.1 Å². The molecule has 0 spiro atoms. The molecule has 1 saturated heterocycles. The van der Waals surface area contributed by atoms with Gasteiger partial charge in [0.15, 0.2) is 23.0 Å². The van der Waals surface area contributed by atoms with E-state index >= 15 is 4.39 Å². The average Bonchev–Trinajstić information content (AvgIpc) is 3.14. The van der Waals surface area contributed by atoms with Crippen LogP contribution in [0.1, 0.15) is 37.9 Å². The third-order valence-corrected chi connectivity index (χ3v) is 8.48. The van der Waals surface area contributed by atoms with Crippen molar-refractivity contribution < 1.29 is 23.4 Å². The third-order valence-electron chi connectivity index (χ3n) is 8.13. The maximum atomic E-state index is 15.3. The first-order valence-electron chi connectivity index (χ1n) is 14.1. The van der Waals surface area contributed by atoms with E-state index in [1.54, 1.807) is 17.2 Å². The number of phenolic OH excluding ortho intramolecular Hbond substituents is 1. The van der Waals surface area contributed by atoms with E-state index < -0.39 is 34.7 Å². The molecular formula is C31H29ClF2N6O4. The standard InChI is InChI=1S/C31H29ClF2N6O4/c1-6-20(42)38-12-17-13-44-28-22-29(39(17)11-16(38)5)37-31(43)40(27-15(4)9-10-35-25(27)14(2)3)30(22)36-26(23(28)32)21-19(41)8-7-18(33)24(21)34/h6-10,14,16-17,41H,1,11-13H2,2-5H3. The molecule has 13 heteroatoms. The summed E-state index contributed by atoms with van der Waals surface area (Å²) < 4.78 is 37.3. The van der Waals surface area contributed by atoms with E-state index in [4.69, 9.17) is 16.3 Å². The molecule has 3 aromatic heterocycles. The maximum Gasteiger partial charge on any atom is 0.355 e. The summed E-state index contributed by atoms with van der Waals surface area (Å²) in [5, 5.41) is 10.7. The first-order chi connectivity index (χ1) is 20.9. The minimum Gasteiger partial charge on any atom is -0.507 e. The van der Waals surface area contributed by atoms with Gasteiger partial charge in [-0.3, -0.25) is 9.78 Å². The summed E-state index contributed by atoms with van der Waals surface area (Å²) in [4.78, 5) is 44.0. The van der Waals surface area contributed by atoms with E-state index in [2.05, 4.69) is 21.5 Å². The van der Waals surface area contributed by atoms with Crippen molar-refractivity contribution in [1.82, 2.24) is 24.4 Å². The lowest BCUT2D eigenvalue weighted by molar-refractivity contribution is -0.129. The van der Waals surface area contributed by atoms with Crippen molar-refractivity contribution in [2.45, 2.75) is 45.7 Å². The van der Waals surface area contributed by atoms with Crippen molar-refractivity contribution in [3.8, 4) is 28.4 Å². The number of halogens is 3. The largest absolute Gasteiger partial charge is 0.507 e. The normalized spacial score (nSPS) is 17.8. The molecule has 1 amide bonds. The van der Waals surface area contributed by atoms with Crippen LogP contribution in [-0.4, -0.2) is 67.2 Å². The Kier molecular flexibility index (Phi) is 7.27. The number of aryl methyl sites for hydroxylation is 1. The first kappa shape index (κ1) is 29.5. The molecule has 2 aliphatic rings. The molecule has 1 fully saturated rings. The molecule has 0 radical (unpaired) electrons. The topological polar surface area (TPSA) is 114 Å². The van der Waals surface area contributed by atoms with Gasteiger partial charge >= 0.3 is 5.69 Å². The Labute approximate surface area is 256 Å². The van der Waals surface area contributed by atoms with Crippen LogP contribution in [0.15, 0.2) is 41.8 Å². The van der Waals surface area contributed by atoms with Crippen molar-refractivity contribution in [3.05, 3.63) is 75.4 Å². The third kappa shape index (κ3) is 4.47. The Morgan fingerprint density at radius 2 is 1.98 bits per heavy atom. The van der Waals surface area contributed by atoms with E-state index in [0.717, 1.165) is 12.1 Å². The molecule has 2 atom stereocenters. The van der Waals surface area contributed by atoms with Crippen LogP contribution in [0.2, 0.25) is 5.02 Å². The summed E-state index contributed by atoms with van der Waals surface area (Å²) in [6.07, 6.45) is 2.88. The number of aromatic nitrogens is 4. The van der Waals surface area contributed by atoms with Gasteiger partial charge in [0, 0.05) is 25.3 Å². The van der Waals surface area contributed by atoms with Crippen LogP contribution in [0.3, 0.4) is 0 Å². The second-order valence-corrected chi connectivity index (χ2v) is 11.7. The van der Waals surface area contributed by atoms with Gasteiger partial charge in [-0.2, -0.15) is 4.98 Å². The van der Waals surface area contributed by atoms with Crippen LogP contribution >= 0.6 is 11.6 Å². The summed E-state index contributed by atoms with van der Waals surface area (Å²) in [6, 6.07) is 2.81. The van der Waals surface area contributed by atoms with Crippen LogP contribution < -0.4 is 15.3 Å². The molecule has 10 nitrogen and oxygen atoms in total. The molecule has 0 saturated carbocycles. The number of phenols is 1. The van der Waals surface area contributed by atoms with Crippen LogP contribution in [0.4, 0.5) is 14.6 Å². The lowest BCUT2D eigenvalue weighted by Crippen LogP contribution is -2.60. The van der Waals surface area contributed by atoms with Crippen LogP contribution in [-0.2, 0) is 4.79 Å². The van der Waals surface area contributed by atoms with E-state index in [-0.39, 0.29) is 64.3 Å². The van der Waals surface area contributed by atoms with E-state index in [9.17, 15) is 19.1 Å². The highest BCUT2D eigenvalue weighted by Gasteiger charge is 2.40. The molecule has 0 bridgehead atoms. The molecule has 5 heterocycles. The molecule has 2 unspecified atom stereocenters. The molecule has 44 heavy (non-hydrogen) atoms. The predicted molar refractivity (Wildman–Crippen MR) is 162 cm³/mol. The Morgan fingerprint density at radius 1 is 1.23 bits per heavy atom. The monoisotopic (exact) mass is 622 g/mol. The number of rotatable bonds is 4. The number of hydrogen-bond donors (Lipinski definition) is 1. The van der Waals surface area contributed by atoms with Crippen molar-refractivity contribution in [2.75, 3.05) is 24.6 Å². The number of pyridine rings is 2. The number of carbonyl (C=O) groups excluding carboxylic acids is 1. The number of anilines is 1. The number of benzene rings is 1. The van der Waals surface area contributed by atoms with Gasteiger partial charge in [-0.15, -0.1) is 0 Å². The number of fused-ring (bicyclic) bond motifs is 2. The fourth-order valence-corrected chi connectivity index (χ4v) is 6.27. The number of hydrogen-bond acceptors (Lipinski definition) is 8. The molecular weight excluding hydrogens is 594 g/mol. The van der Waals surface area contributed by atoms with Crippen LogP contribution in [0.5, 0.6) is 11.5 Å². The molecule has 4 aromatic rings. The van der Waals surface area contributed by atoms with Crippen molar-refractivity contribution in [3.63, 3.8) is 0 Å². The van der Waals surface area contributed by atoms with E-state index in [1.807, 2.05) is 32.6 Å². The number of aromatic hydroxyl groups is 1. The minimum absolute atomic E-state index is 0.00774. The van der Waals surface area contributed by atoms with Crippen molar-refractivity contribution in [1.29, 1.82) is 0 Å².